The van der Waals surface area contributed by atoms with E-state index < -0.39 is 5.60 Å². The molecule has 1 atom stereocenters. The van der Waals surface area contributed by atoms with Crippen molar-refractivity contribution in [2.24, 2.45) is 0 Å². The van der Waals surface area contributed by atoms with E-state index in [2.05, 4.69) is 20.2 Å². The van der Waals surface area contributed by atoms with Crippen LogP contribution in [0.5, 0.6) is 0 Å². The van der Waals surface area contributed by atoms with Gasteiger partial charge in [0.25, 0.3) is 0 Å². The van der Waals surface area contributed by atoms with Crippen LogP contribution in [0.15, 0.2) is 36.4 Å². The Bertz CT molecular complexity index is 1080. The molecule has 30 heavy (non-hydrogen) atoms. The molecule has 0 spiro atoms. The summed E-state index contributed by atoms with van der Waals surface area (Å²) in [5.41, 5.74) is 0.355. The minimum Gasteiger partial charge on any atom is -0.444 e. The molecule has 1 saturated heterocycles. The lowest BCUT2D eigenvalue weighted by molar-refractivity contribution is 0.0158. The van der Waals surface area contributed by atoms with Gasteiger partial charge in [0, 0.05) is 25.7 Å². The number of hydrogen-bond acceptors (Lipinski definition) is 6. The molecule has 0 bridgehead atoms. The monoisotopic (exact) mass is 412 g/mol. The summed E-state index contributed by atoms with van der Waals surface area (Å²) < 4.78 is 21.3. The van der Waals surface area contributed by atoms with Crippen LogP contribution in [0, 0.1) is 5.82 Å². The minimum absolute atomic E-state index is 0.0435. The first-order valence-electron chi connectivity index (χ1n) is 9.95. The number of nitrogens with zero attached hydrogens (tertiary/aromatic N) is 6. The van der Waals surface area contributed by atoms with E-state index >= 15 is 0 Å². The van der Waals surface area contributed by atoms with Crippen LogP contribution >= 0.6 is 0 Å². The maximum Gasteiger partial charge on any atom is 0.410 e. The highest BCUT2D eigenvalue weighted by atomic mass is 19.1. The summed E-state index contributed by atoms with van der Waals surface area (Å²) in [7, 11) is 0. The van der Waals surface area contributed by atoms with E-state index in [0.29, 0.717) is 36.7 Å². The molecule has 9 heteroatoms. The molecule has 1 aliphatic rings. The van der Waals surface area contributed by atoms with Crippen molar-refractivity contribution in [2.75, 3.05) is 24.5 Å². The average molecular weight is 412 g/mol. The number of benzene rings is 1. The van der Waals surface area contributed by atoms with Gasteiger partial charge in [0.1, 0.15) is 17.2 Å². The first-order valence-corrected chi connectivity index (χ1v) is 9.95. The van der Waals surface area contributed by atoms with Gasteiger partial charge in [-0.3, -0.25) is 0 Å². The molecule has 1 aliphatic heterocycles. The zero-order chi connectivity index (χ0) is 21.5. The number of piperazine rings is 1. The molecule has 0 unspecified atom stereocenters. The lowest BCUT2D eigenvalue weighted by Crippen LogP contribution is -2.55. The summed E-state index contributed by atoms with van der Waals surface area (Å²) in [6.45, 7) is 9.30. The fourth-order valence-corrected chi connectivity index (χ4v) is 3.52. The molecular weight excluding hydrogens is 387 g/mol. The molecule has 1 aromatic carbocycles. The molecule has 3 aromatic rings. The number of rotatable bonds is 2. The predicted molar refractivity (Wildman–Crippen MR) is 111 cm³/mol. The number of anilines is 1. The zero-order valence-electron chi connectivity index (χ0n) is 17.5. The van der Waals surface area contributed by atoms with Crippen molar-refractivity contribution in [1.82, 2.24) is 24.7 Å². The molecule has 3 heterocycles. The quantitative estimate of drug-likeness (QED) is 0.642. The summed E-state index contributed by atoms with van der Waals surface area (Å²) >= 11 is 0. The third-order valence-electron chi connectivity index (χ3n) is 4.94. The Morgan fingerprint density at radius 1 is 1.13 bits per heavy atom. The summed E-state index contributed by atoms with van der Waals surface area (Å²) in [5.74, 6) is 0.694. The topological polar surface area (TPSA) is 75.9 Å². The van der Waals surface area contributed by atoms with Crippen molar-refractivity contribution in [2.45, 2.75) is 39.3 Å². The first-order chi connectivity index (χ1) is 14.2. The number of fused-ring (bicyclic) bond motifs is 1. The van der Waals surface area contributed by atoms with Crippen LogP contribution < -0.4 is 4.90 Å². The summed E-state index contributed by atoms with van der Waals surface area (Å²) in [5, 5.41) is 12.9. The average Bonchev–Trinajstić information content (AvgIpc) is 3.10. The van der Waals surface area contributed by atoms with Crippen molar-refractivity contribution in [1.29, 1.82) is 0 Å². The van der Waals surface area contributed by atoms with Crippen LogP contribution in [0.2, 0.25) is 0 Å². The van der Waals surface area contributed by atoms with Crippen LogP contribution in [0.3, 0.4) is 0 Å². The van der Waals surface area contributed by atoms with Crippen LogP contribution in [0.1, 0.15) is 27.7 Å². The second-order valence-corrected chi connectivity index (χ2v) is 8.43. The lowest BCUT2D eigenvalue weighted by Gasteiger charge is -2.40. The Labute approximate surface area is 174 Å². The van der Waals surface area contributed by atoms with Gasteiger partial charge in [-0.15, -0.1) is 15.3 Å². The van der Waals surface area contributed by atoms with Gasteiger partial charge in [-0.2, -0.15) is 4.52 Å². The van der Waals surface area contributed by atoms with Gasteiger partial charge in [-0.05, 0) is 52.0 Å². The van der Waals surface area contributed by atoms with Crippen molar-refractivity contribution < 1.29 is 13.9 Å². The molecule has 0 saturated carbocycles. The second kappa shape index (κ2) is 7.55. The maximum atomic E-state index is 14.3. The highest BCUT2D eigenvalue weighted by Crippen LogP contribution is 2.24. The Morgan fingerprint density at radius 3 is 2.60 bits per heavy atom. The molecule has 1 amide bonds. The fraction of sp³-hybridized carbons (Fsp3) is 0.429. The van der Waals surface area contributed by atoms with E-state index in [-0.39, 0.29) is 18.0 Å². The normalized spacial score (nSPS) is 17.4. The van der Waals surface area contributed by atoms with E-state index in [4.69, 9.17) is 4.74 Å². The number of aromatic nitrogens is 4. The Morgan fingerprint density at radius 2 is 1.90 bits per heavy atom. The summed E-state index contributed by atoms with van der Waals surface area (Å²) in [4.78, 5) is 16.3. The molecule has 2 aromatic heterocycles. The third kappa shape index (κ3) is 3.92. The highest BCUT2D eigenvalue weighted by Gasteiger charge is 2.31. The third-order valence-corrected chi connectivity index (χ3v) is 4.94. The van der Waals surface area contributed by atoms with Crippen LogP contribution in [0.25, 0.3) is 17.0 Å². The first kappa shape index (κ1) is 20.1. The smallest absolute Gasteiger partial charge is 0.410 e. The fourth-order valence-electron chi connectivity index (χ4n) is 3.52. The predicted octanol–water partition coefficient (Wildman–Crippen LogP) is 3.38. The molecule has 1 fully saturated rings. The molecule has 0 aliphatic carbocycles. The van der Waals surface area contributed by atoms with Gasteiger partial charge >= 0.3 is 6.09 Å². The van der Waals surface area contributed by atoms with Gasteiger partial charge in [-0.1, -0.05) is 12.1 Å². The van der Waals surface area contributed by atoms with Crippen molar-refractivity contribution in [3.05, 3.63) is 42.2 Å². The SMILES string of the molecule is C[C@@H]1CN(c2ccc3nnc(-c4ccccc4F)n3n2)CCN1C(=O)OC(C)(C)C. The second-order valence-electron chi connectivity index (χ2n) is 8.43. The van der Waals surface area contributed by atoms with Crippen molar-refractivity contribution in [3.8, 4) is 11.4 Å². The Kier molecular flexibility index (Phi) is 5.05. The number of hydrogen-bond donors (Lipinski definition) is 0. The minimum atomic E-state index is -0.530. The largest absolute Gasteiger partial charge is 0.444 e. The standard InChI is InChI=1S/C21H25FN6O2/c1-14-13-26(11-12-27(14)20(29)30-21(2,3)4)18-10-9-17-23-24-19(28(17)25-18)15-7-5-6-8-16(15)22/h5-10,14H,11-13H2,1-4H3/t14-/m1/s1. The Balaban J connectivity index is 1.57. The van der Waals surface area contributed by atoms with Gasteiger partial charge in [0.15, 0.2) is 11.5 Å². The number of carbonyl (C=O) groups excluding carboxylic acids is 1. The zero-order valence-corrected chi connectivity index (χ0v) is 17.5. The van der Waals surface area contributed by atoms with Crippen molar-refractivity contribution >= 4 is 17.6 Å². The molecule has 4 rings (SSSR count). The number of amides is 1. The van der Waals surface area contributed by atoms with Gasteiger partial charge in [0.2, 0.25) is 0 Å². The number of ether oxygens (including phenoxy) is 1. The van der Waals surface area contributed by atoms with E-state index in [0.717, 1.165) is 5.82 Å². The van der Waals surface area contributed by atoms with Crippen LogP contribution in [-0.4, -0.2) is 62.1 Å². The lowest BCUT2D eigenvalue weighted by atomic mass is 10.2. The molecule has 0 N–H and O–H groups in total. The Hall–Kier alpha value is -3.23. The molecular formula is C21H25FN6O2. The van der Waals surface area contributed by atoms with E-state index in [1.165, 1.54) is 6.07 Å². The van der Waals surface area contributed by atoms with E-state index in [9.17, 15) is 9.18 Å². The number of halogens is 1. The van der Waals surface area contributed by atoms with Gasteiger partial charge < -0.3 is 14.5 Å². The van der Waals surface area contributed by atoms with Gasteiger partial charge in [-0.25, -0.2) is 9.18 Å². The van der Waals surface area contributed by atoms with E-state index in [1.807, 2.05) is 39.8 Å². The van der Waals surface area contributed by atoms with Crippen molar-refractivity contribution in [3.63, 3.8) is 0 Å². The summed E-state index contributed by atoms with van der Waals surface area (Å²) in [6, 6.07) is 10.1. The van der Waals surface area contributed by atoms with Crippen LogP contribution in [0.4, 0.5) is 15.0 Å². The number of carbonyl (C=O) groups is 1. The highest BCUT2D eigenvalue weighted by molar-refractivity contribution is 5.69. The maximum absolute atomic E-state index is 14.3. The van der Waals surface area contributed by atoms with E-state index in [1.54, 1.807) is 27.6 Å². The van der Waals surface area contributed by atoms with Crippen LogP contribution in [-0.2, 0) is 4.74 Å². The summed E-state index contributed by atoms with van der Waals surface area (Å²) in [6.07, 6.45) is -0.307. The van der Waals surface area contributed by atoms with Gasteiger partial charge in [0.05, 0.1) is 5.56 Å². The molecule has 0 radical (unpaired) electrons. The molecule has 158 valence electrons. The molecule has 8 nitrogen and oxygen atoms in total.